The monoisotopic (exact) mass is 343 g/mol. The van der Waals surface area contributed by atoms with Crippen molar-refractivity contribution in [3.8, 4) is 0 Å². The second-order valence-electron chi connectivity index (χ2n) is 8.19. The molecule has 1 fully saturated rings. The van der Waals surface area contributed by atoms with Gasteiger partial charge in [0.1, 0.15) is 11.3 Å². The van der Waals surface area contributed by atoms with E-state index in [4.69, 9.17) is 9.31 Å². The fourth-order valence-electron chi connectivity index (χ4n) is 2.60. The van der Waals surface area contributed by atoms with Gasteiger partial charge in [-0.1, -0.05) is 29.5 Å². The molecule has 25 heavy (non-hydrogen) atoms. The Morgan fingerprint density at radius 2 is 1.64 bits per heavy atom. The molecule has 6 nitrogen and oxygen atoms in total. The van der Waals surface area contributed by atoms with E-state index >= 15 is 0 Å². The van der Waals surface area contributed by atoms with E-state index in [2.05, 4.69) is 10.3 Å². The predicted octanol–water partition coefficient (Wildman–Crippen LogP) is 1.85. The highest BCUT2D eigenvalue weighted by atomic mass is 16.7. The molecule has 1 aromatic heterocycles. The molecule has 0 saturated carbocycles. The highest BCUT2D eigenvalue weighted by molar-refractivity contribution is 6.62. The van der Waals surface area contributed by atoms with E-state index in [1.165, 1.54) is 0 Å². The van der Waals surface area contributed by atoms with Crippen molar-refractivity contribution in [3.05, 3.63) is 41.7 Å². The summed E-state index contributed by atoms with van der Waals surface area (Å²) in [6, 6.07) is 8.11. The lowest BCUT2D eigenvalue weighted by atomic mass is 9.79. The lowest BCUT2D eigenvalue weighted by Crippen LogP contribution is -2.41. The summed E-state index contributed by atoms with van der Waals surface area (Å²) >= 11 is 0. The summed E-state index contributed by atoms with van der Waals surface area (Å²) < 4.78 is 13.9. The Labute approximate surface area is 149 Å². The first-order chi connectivity index (χ1) is 11.5. The van der Waals surface area contributed by atoms with Gasteiger partial charge < -0.3 is 14.4 Å². The quantitative estimate of drug-likeness (QED) is 0.858. The zero-order chi connectivity index (χ0) is 18.5. The highest BCUT2D eigenvalue weighted by Crippen LogP contribution is 2.36. The molecule has 7 heteroatoms. The van der Waals surface area contributed by atoms with E-state index in [-0.39, 0.29) is 18.3 Å². The van der Waals surface area contributed by atoms with Crippen LogP contribution in [0.5, 0.6) is 0 Å². The Hall–Kier alpha value is -1.70. The first-order valence-corrected chi connectivity index (χ1v) is 8.55. The summed E-state index contributed by atoms with van der Waals surface area (Å²) in [5.41, 5.74) is 0.973. The molecule has 1 aliphatic heterocycles. The van der Waals surface area contributed by atoms with Crippen molar-refractivity contribution in [3.63, 3.8) is 0 Å². The molecule has 0 aliphatic carbocycles. The maximum atomic E-state index is 9.97. The van der Waals surface area contributed by atoms with Gasteiger partial charge in [0.15, 0.2) is 0 Å². The molecule has 2 aromatic rings. The lowest BCUT2D eigenvalue weighted by molar-refractivity contribution is 0.00578. The second kappa shape index (κ2) is 5.93. The van der Waals surface area contributed by atoms with Gasteiger partial charge in [-0.05, 0) is 52.6 Å². The van der Waals surface area contributed by atoms with Gasteiger partial charge in [0, 0.05) is 0 Å². The number of rotatable bonds is 4. The molecule has 0 radical (unpaired) electrons. The molecule has 3 rings (SSSR count). The smallest absolute Gasteiger partial charge is 0.399 e. The minimum Gasteiger partial charge on any atom is -0.399 e. The topological polar surface area (TPSA) is 69.4 Å². The SMILES string of the molecule is CC(C)(O)c1cn(Cc2ccc(B3OC(C)(C)C(C)(C)O3)cc2)nn1. The molecule has 1 N–H and O–H groups in total. The molecule has 1 aliphatic rings. The minimum absolute atomic E-state index is 0.343. The standard InChI is InChI=1S/C18H26BN3O3/c1-16(2,23)15-12-22(21-20-15)11-13-7-9-14(10-8-13)19-24-17(3,4)18(5,6)25-19/h7-10,12,23H,11H2,1-6H3. The first kappa shape index (κ1) is 18.1. The van der Waals surface area contributed by atoms with Crippen molar-refractivity contribution in [1.82, 2.24) is 15.0 Å². The molecule has 1 aromatic carbocycles. The van der Waals surface area contributed by atoms with Gasteiger partial charge in [-0.2, -0.15) is 0 Å². The largest absolute Gasteiger partial charge is 0.494 e. The van der Waals surface area contributed by atoms with Crippen molar-refractivity contribution in [1.29, 1.82) is 0 Å². The van der Waals surface area contributed by atoms with Crippen LogP contribution in [-0.2, 0) is 21.5 Å². The van der Waals surface area contributed by atoms with E-state index in [0.717, 1.165) is 11.0 Å². The second-order valence-corrected chi connectivity index (χ2v) is 8.19. The van der Waals surface area contributed by atoms with Crippen molar-refractivity contribution in [2.45, 2.75) is 64.9 Å². The third-order valence-electron chi connectivity index (χ3n) is 5.02. The lowest BCUT2D eigenvalue weighted by Gasteiger charge is -2.32. The van der Waals surface area contributed by atoms with Crippen LogP contribution in [0.4, 0.5) is 0 Å². The summed E-state index contributed by atoms with van der Waals surface area (Å²) in [5, 5.41) is 18.1. The first-order valence-electron chi connectivity index (χ1n) is 8.55. The van der Waals surface area contributed by atoms with Gasteiger partial charge in [-0.3, -0.25) is 0 Å². The van der Waals surface area contributed by atoms with Gasteiger partial charge in [-0.25, -0.2) is 4.68 Å². The Bertz CT molecular complexity index is 732. The maximum Gasteiger partial charge on any atom is 0.494 e. The van der Waals surface area contributed by atoms with Crippen LogP contribution < -0.4 is 5.46 Å². The number of hydrogen-bond donors (Lipinski definition) is 1. The van der Waals surface area contributed by atoms with E-state index in [1.54, 1.807) is 24.7 Å². The van der Waals surface area contributed by atoms with Crippen molar-refractivity contribution in [2.24, 2.45) is 0 Å². The molecule has 0 unspecified atom stereocenters. The molecule has 134 valence electrons. The third kappa shape index (κ3) is 3.63. The average molecular weight is 343 g/mol. The van der Waals surface area contributed by atoms with Crippen molar-refractivity contribution >= 4 is 12.6 Å². The minimum atomic E-state index is -0.987. The van der Waals surface area contributed by atoms with Crippen molar-refractivity contribution in [2.75, 3.05) is 0 Å². The molecule has 0 spiro atoms. The summed E-state index contributed by atoms with van der Waals surface area (Å²) in [5.74, 6) is 0. The third-order valence-corrected chi connectivity index (χ3v) is 5.02. The van der Waals surface area contributed by atoms with Gasteiger partial charge >= 0.3 is 7.12 Å². The predicted molar refractivity (Wildman–Crippen MR) is 96.5 cm³/mol. The number of aromatic nitrogens is 3. The zero-order valence-electron chi connectivity index (χ0n) is 15.8. The number of hydrogen-bond acceptors (Lipinski definition) is 5. The van der Waals surface area contributed by atoms with Crippen molar-refractivity contribution < 1.29 is 14.4 Å². The Morgan fingerprint density at radius 1 is 1.08 bits per heavy atom. The summed E-state index contributed by atoms with van der Waals surface area (Å²) in [4.78, 5) is 0. The Balaban J connectivity index is 1.70. The molecule has 0 bridgehead atoms. The van der Waals surface area contributed by atoms with Crippen LogP contribution in [0.25, 0.3) is 0 Å². The van der Waals surface area contributed by atoms with Crippen LogP contribution in [-0.4, -0.2) is 38.4 Å². The fraction of sp³-hybridized carbons (Fsp3) is 0.556. The molecule has 1 saturated heterocycles. The van der Waals surface area contributed by atoms with Gasteiger partial charge in [0.2, 0.25) is 0 Å². The van der Waals surface area contributed by atoms with Crippen LogP contribution in [0.15, 0.2) is 30.5 Å². The van der Waals surface area contributed by atoms with Crippen LogP contribution in [0.2, 0.25) is 0 Å². The summed E-state index contributed by atoms with van der Waals surface area (Å²) in [6.07, 6.45) is 1.77. The van der Waals surface area contributed by atoms with Gasteiger partial charge in [0.25, 0.3) is 0 Å². The number of nitrogens with zero attached hydrogens (tertiary/aromatic N) is 3. The molecular weight excluding hydrogens is 317 g/mol. The molecular formula is C18H26BN3O3. The number of aliphatic hydroxyl groups is 1. The van der Waals surface area contributed by atoms with E-state index < -0.39 is 5.60 Å². The zero-order valence-corrected chi connectivity index (χ0v) is 15.8. The normalized spacial score (nSPS) is 19.4. The van der Waals surface area contributed by atoms with E-state index in [0.29, 0.717) is 12.2 Å². The molecule has 0 amide bonds. The summed E-state index contributed by atoms with van der Waals surface area (Å²) in [6.45, 7) is 12.2. The van der Waals surface area contributed by atoms with Crippen LogP contribution in [0.1, 0.15) is 52.8 Å². The molecule has 2 heterocycles. The Kier molecular flexibility index (Phi) is 4.30. The highest BCUT2D eigenvalue weighted by Gasteiger charge is 2.51. The van der Waals surface area contributed by atoms with Gasteiger partial charge in [-0.15, -0.1) is 5.10 Å². The fourth-order valence-corrected chi connectivity index (χ4v) is 2.60. The van der Waals surface area contributed by atoms with Crippen LogP contribution >= 0.6 is 0 Å². The number of benzene rings is 1. The van der Waals surface area contributed by atoms with E-state index in [9.17, 15) is 5.11 Å². The van der Waals surface area contributed by atoms with Gasteiger partial charge in [0.05, 0.1) is 23.9 Å². The summed E-state index contributed by atoms with van der Waals surface area (Å²) in [7, 11) is -0.354. The maximum absolute atomic E-state index is 9.97. The van der Waals surface area contributed by atoms with Crippen LogP contribution in [0.3, 0.4) is 0 Å². The Morgan fingerprint density at radius 3 is 2.12 bits per heavy atom. The molecule has 0 atom stereocenters. The average Bonchev–Trinajstić information content (AvgIpc) is 3.02. The van der Waals surface area contributed by atoms with E-state index in [1.807, 2.05) is 52.0 Å². The van der Waals surface area contributed by atoms with Crippen LogP contribution in [0, 0.1) is 0 Å².